The van der Waals surface area contributed by atoms with Crippen LogP contribution in [0.5, 0.6) is 0 Å². The van der Waals surface area contributed by atoms with E-state index in [1.165, 1.54) is 0 Å². The van der Waals surface area contributed by atoms with Crippen LogP contribution in [-0.4, -0.2) is 52.0 Å². The van der Waals surface area contributed by atoms with Gasteiger partial charge < -0.3 is 15.0 Å². The molecule has 1 N–H and O–H groups in total. The van der Waals surface area contributed by atoms with E-state index < -0.39 is 0 Å². The van der Waals surface area contributed by atoms with Crippen molar-refractivity contribution in [3.05, 3.63) is 28.1 Å². The van der Waals surface area contributed by atoms with Crippen molar-refractivity contribution < 1.29 is 9.53 Å². The molecule has 2 aromatic rings. The lowest BCUT2D eigenvalue weighted by Crippen LogP contribution is -2.37. The number of carbonyl (C=O) groups is 1. The summed E-state index contributed by atoms with van der Waals surface area (Å²) in [6.07, 6.45) is 1.60. The Morgan fingerprint density at radius 1 is 1.39 bits per heavy atom. The third-order valence-electron chi connectivity index (χ3n) is 3.48. The normalized spacial score (nSPS) is 14.8. The number of nitrogens with one attached hydrogen (secondary N) is 1. The summed E-state index contributed by atoms with van der Waals surface area (Å²) >= 11 is 3.34. The predicted octanol–water partition coefficient (Wildman–Crippen LogP) is 1.37. The van der Waals surface area contributed by atoms with Crippen LogP contribution in [0.4, 0.5) is 11.8 Å². The molecule has 0 aliphatic carbocycles. The quantitative estimate of drug-likeness (QED) is 0.865. The molecule has 0 saturated carbocycles. The Morgan fingerprint density at radius 3 is 2.78 bits per heavy atom. The molecule has 1 aliphatic heterocycles. The molecule has 0 atom stereocenters. The first-order chi connectivity index (χ1) is 11.0. The average molecular weight is 381 g/mol. The average Bonchev–Trinajstić information content (AvgIpc) is 2.86. The molecule has 0 aromatic carbocycles. The third kappa shape index (κ3) is 3.50. The molecule has 122 valence electrons. The van der Waals surface area contributed by atoms with Crippen LogP contribution >= 0.6 is 15.9 Å². The van der Waals surface area contributed by atoms with Gasteiger partial charge in [-0.15, -0.1) is 0 Å². The summed E-state index contributed by atoms with van der Waals surface area (Å²) in [5.41, 5.74) is 1.12. The number of hydrogen-bond donors (Lipinski definition) is 1. The molecule has 1 fully saturated rings. The minimum atomic E-state index is -0.309. The highest BCUT2D eigenvalue weighted by Gasteiger charge is 2.19. The van der Waals surface area contributed by atoms with Crippen molar-refractivity contribution in [1.82, 2.24) is 19.7 Å². The number of carbonyl (C=O) groups excluding carboxylic acids is 1. The largest absolute Gasteiger partial charge is 0.378 e. The molecule has 0 bridgehead atoms. The van der Waals surface area contributed by atoms with E-state index in [9.17, 15) is 4.79 Å². The molecule has 1 aliphatic rings. The molecular weight excluding hydrogens is 364 g/mol. The van der Waals surface area contributed by atoms with Crippen LogP contribution in [0.3, 0.4) is 0 Å². The van der Waals surface area contributed by atoms with Gasteiger partial charge in [0.1, 0.15) is 11.5 Å². The number of aromatic nitrogens is 4. The molecule has 0 spiro atoms. The van der Waals surface area contributed by atoms with Gasteiger partial charge in [-0.3, -0.25) is 9.48 Å². The van der Waals surface area contributed by atoms with E-state index in [4.69, 9.17) is 4.74 Å². The Morgan fingerprint density at radius 2 is 2.13 bits per heavy atom. The Hall–Kier alpha value is -2.00. The molecule has 23 heavy (non-hydrogen) atoms. The monoisotopic (exact) mass is 380 g/mol. The van der Waals surface area contributed by atoms with Crippen molar-refractivity contribution in [2.75, 3.05) is 36.5 Å². The minimum absolute atomic E-state index is 0.292. The van der Waals surface area contributed by atoms with Gasteiger partial charge in [0, 0.05) is 32.4 Å². The Labute approximate surface area is 142 Å². The van der Waals surface area contributed by atoms with Crippen LogP contribution in [0.15, 0.2) is 16.7 Å². The van der Waals surface area contributed by atoms with Gasteiger partial charge in [-0.1, -0.05) is 0 Å². The van der Waals surface area contributed by atoms with Gasteiger partial charge >= 0.3 is 0 Å². The van der Waals surface area contributed by atoms with E-state index in [0.717, 1.165) is 5.69 Å². The van der Waals surface area contributed by atoms with Crippen molar-refractivity contribution in [3.63, 3.8) is 0 Å². The van der Waals surface area contributed by atoms with E-state index in [1.54, 1.807) is 24.0 Å². The first-order valence-electron chi connectivity index (χ1n) is 7.22. The van der Waals surface area contributed by atoms with Crippen molar-refractivity contribution >= 4 is 33.6 Å². The highest BCUT2D eigenvalue weighted by molar-refractivity contribution is 9.10. The fourth-order valence-electron chi connectivity index (χ4n) is 2.34. The van der Waals surface area contributed by atoms with Crippen LogP contribution in [0.2, 0.25) is 0 Å². The minimum Gasteiger partial charge on any atom is -0.378 e. The lowest BCUT2D eigenvalue weighted by molar-refractivity contribution is 0.102. The van der Waals surface area contributed by atoms with Gasteiger partial charge in [-0.2, -0.15) is 5.10 Å². The molecule has 1 amide bonds. The first kappa shape index (κ1) is 15.9. The molecule has 3 heterocycles. The third-order valence-corrected chi connectivity index (χ3v) is 4.06. The zero-order chi connectivity index (χ0) is 16.4. The molecule has 1 saturated heterocycles. The number of rotatable bonds is 3. The van der Waals surface area contributed by atoms with Crippen LogP contribution in [0.1, 0.15) is 16.2 Å². The highest BCUT2D eigenvalue weighted by atomic mass is 79.9. The topological polar surface area (TPSA) is 85.2 Å². The van der Waals surface area contributed by atoms with Crippen LogP contribution in [0.25, 0.3) is 0 Å². The number of hydrogen-bond acceptors (Lipinski definition) is 6. The summed E-state index contributed by atoms with van der Waals surface area (Å²) in [5, 5.41) is 7.02. The summed E-state index contributed by atoms with van der Waals surface area (Å²) < 4.78 is 7.49. The number of amides is 1. The lowest BCUT2D eigenvalue weighted by atomic mass is 10.3. The fraction of sp³-hybridized carbons (Fsp3) is 0.429. The second kappa shape index (κ2) is 6.63. The number of ether oxygens (including phenoxy) is 1. The number of morpholine rings is 1. The zero-order valence-corrected chi connectivity index (χ0v) is 14.5. The van der Waals surface area contributed by atoms with Gasteiger partial charge in [0.05, 0.1) is 23.4 Å². The standard InChI is InChI=1S/C14H17BrN6O2/c1-9-7-11(20(2)19-9)17-13(22)12-10(15)8-16-14(18-12)21-3-5-23-6-4-21/h7-8H,3-6H2,1-2H3,(H,17,22). The first-order valence-corrected chi connectivity index (χ1v) is 8.01. The van der Waals surface area contributed by atoms with Gasteiger partial charge in [0.2, 0.25) is 5.95 Å². The smallest absolute Gasteiger partial charge is 0.276 e. The number of halogens is 1. The summed E-state index contributed by atoms with van der Waals surface area (Å²) in [5.74, 6) is 0.838. The number of aryl methyl sites for hydroxylation is 2. The second-order valence-corrected chi connectivity index (χ2v) is 6.07. The van der Waals surface area contributed by atoms with Crippen LogP contribution in [0, 0.1) is 6.92 Å². The molecule has 2 aromatic heterocycles. The SMILES string of the molecule is Cc1cc(NC(=O)c2nc(N3CCOCC3)ncc2Br)n(C)n1. The Bertz CT molecular complexity index is 726. The van der Waals surface area contributed by atoms with Crippen molar-refractivity contribution in [3.8, 4) is 0 Å². The Kier molecular flexibility index (Phi) is 4.58. The van der Waals surface area contributed by atoms with Gasteiger partial charge in [0.25, 0.3) is 5.91 Å². The molecule has 0 radical (unpaired) electrons. The molecule has 8 nitrogen and oxygen atoms in total. The predicted molar refractivity (Wildman–Crippen MR) is 88.7 cm³/mol. The highest BCUT2D eigenvalue weighted by Crippen LogP contribution is 2.19. The van der Waals surface area contributed by atoms with Crippen LogP contribution < -0.4 is 10.2 Å². The number of anilines is 2. The molecule has 3 rings (SSSR count). The van der Waals surface area contributed by atoms with Crippen LogP contribution in [-0.2, 0) is 11.8 Å². The maximum Gasteiger partial charge on any atom is 0.276 e. The van der Waals surface area contributed by atoms with Crippen molar-refractivity contribution in [2.24, 2.45) is 7.05 Å². The second-order valence-electron chi connectivity index (χ2n) is 5.21. The van der Waals surface area contributed by atoms with Gasteiger partial charge in [-0.25, -0.2) is 9.97 Å². The lowest BCUT2D eigenvalue weighted by Gasteiger charge is -2.26. The summed E-state index contributed by atoms with van der Waals surface area (Å²) in [6, 6.07) is 1.80. The maximum absolute atomic E-state index is 12.5. The molecular formula is C14H17BrN6O2. The molecule has 9 heteroatoms. The summed E-state index contributed by atoms with van der Waals surface area (Å²) in [4.78, 5) is 23.2. The Balaban J connectivity index is 1.83. The van der Waals surface area contributed by atoms with Gasteiger partial charge in [-0.05, 0) is 22.9 Å². The maximum atomic E-state index is 12.5. The zero-order valence-electron chi connectivity index (χ0n) is 12.9. The van der Waals surface area contributed by atoms with E-state index in [-0.39, 0.29) is 5.91 Å². The van der Waals surface area contributed by atoms with Crippen molar-refractivity contribution in [1.29, 1.82) is 0 Å². The summed E-state index contributed by atoms with van der Waals surface area (Å²) in [7, 11) is 1.77. The number of nitrogens with zero attached hydrogens (tertiary/aromatic N) is 5. The molecule has 0 unspecified atom stereocenters. The van der Waals surface area contributed by atoms with E-state index >= 15 is 0 Å². The van der Waals surface area contributed by atoms with E-state index in [0.29, 0.717) is 48.2 Å². The van der Waals surface area contributed by atoms with Gasteiger partial charge in [0.15, 0.2) is 0 Å². The van der Waals surface area contributed by atoms with Crippen molar-refractivity contribution in [2.45, 2.75) is 6.92 Å². The summed E-state index contributed by atoms with van der Waals surface area (Å²) in [6.45, 7) is 4.56. The fourth-order valence-corrected chi connectivity index (χ4v) is 2.71. The van der Waals surface area contributed by atoms with E-state index in [2.05, 4.69) is 36.3 Å². The van der Waals surface area contributed by atoms with E-state index in [1.807, 2.05) is 11.8 Å².